The number of amides is 1. The molecule has 2 heterocycles. The summed E-state index contributed by atoms with van der Waals surface area (Å²) in [7, 11) is 0. The van der Waals surface area contributed by atoms with Gasteiger partial charge in [-0.3, -0.25) is 4.79 Å². The van der Waals surface area contributed by atoms with Gasteiger partial charge < -0.3 is 10.6 Å². The molecule has 3 nitrogen and oxygen atoms in total. The molecule has 2 unspecified atom stereocenters. The number of carbonyl (C=O) groups is 1. The molecular formula is C14H23ClN2OS. The molecule has 0 saturated carbocycles. The molecule has 1 aromatic heterocycles. The summed E-state index contributed by atoms with van der Waals surface area (Å²) in [5, 5.41) is 6.36. The summed E-state index contributed by atoms with van der Waals surface area (Å²) >= 11 is 1.79. The molecule has 0 bridgehead atoms. The maximum atomic E-state index is 12.1. The van der Waals surface area contributed by atoms with Crippen LogP contribution in [0.2, 0.25) is 0 Å². The van der Waals surface area contributed by atoms with Gasteiger partial charge >= 0.3 is 0 Å². The van der Waals surface area contributed by atoms with Crippen LogP contribution in [-0.2, 0) is 4.79 Å². The van der Waals surface area contributed by atoms with Crippen LogP contribution in [0.4, 0.5) is 0 Å². The summed E-state index contributed by atoms with van der Waals surface area (Å²) in [4.78, 5) is 14.8. The summed E-state index contributed by atoms with van der Waals surface area (Å²) in [6.45, 7) is 10.3. The Morgan fingerprint density at radius 2 is 2.05 bits per heavy atom. The smallest absolute Gasteiger partial charge is 0.223 e. The van der Waals surface area contributed by atoms with E-state index in [1.165, 1.54) is 15.3 Å². The Morgan fingerprint density at radius 3 is 2.47 bits per heavy atom. The number of carbonyl (C=O) groups excluding carboxylic acids is 1. The fourth-order valence-electron chi connectivity index (χ4n) is 2.38. The normalized spacial score (nSPS) is 18.1. The fourth-order valence-corrected chi connectivity index (χ4v) is 3.40. The topological polar surface area (TPSA) is 41.1 Å². The molecule has 2 rings (SSSR count). The van der Waals surface area contributed by atoms with Crippen molar-refractivity contribution < 1.29 is 4.79 Å². The highest BCUT2D eigenvalue weighted by molar-refractivity contribution is 7.12. The van der Waals surface area contributed by atoms with Gasteiger partial charge in [-0.05, 0) is 51.4 Å². The monoisotopic (exact) mass is 302 g/mol. The molecule has 108 valence electrons. The zero-order valence-corrected chi connectivity index (χ0v) is 13.6. The number of aryl methyl sites for hydroxylation is 2. The van der Waals surface area contributed by atoms with Crippen LogP contribution < -0.4 is 10.6 Å². The molecule has 5 heteroatoms. The van der Waals surface area contributed by atoms with E-state index in [2.05, 4.69) is 37.5 Å². The van der Waals surface area contributed by atoms with Crippen molar-refractivity contribution in [3.05, 3.63) is 21.4 Å². The summed E-state index contributed by atoms with van der Waals surface area (Å²) in [5.74, 6) is 0.786. The number of hydrogen-bond acceptors (Lipinski definition) is 3. The molecule has 1 amide bonds. The minimum atomic E-state index is 0. The molecule has 0 spiro atoms. The molecule has 0 aliphatic carbocycles. The number of hydrogen-bond donors (Lipinski definition) is 2. The maximum Gasteiger partial charge on any atom is 0.223 e. The molecule has 1 saturated heterocycles. The fraction of sp³-hybridized carbons (Fsp3) is 0.643. The molecule has 1 aliphatic rings. The van der Waals surface area contributed by atoms with Crippen LogP contribution in [0.3, 0.4) is 0 Å². The van der Waals surface area contributed by atoms with E-state index in [1.807, 2.05) is 6.92 Å². The Morgan fingerprint density at radius 1 is 1.42 bits per heavy atom. The van der Waals surface area contributed by atoms with Crippen LogP contribution in [-0.4, -0.2) is 19.0 Å². The number of halogens is 1. The van der Waals surface area contributed by atoms with Crippen LogP contribution in [0.1, 0.15) is 35.2 Å². The lowest BCUT2D eigenvalue weighted by molar-refractivity contribution is -0.127. The van der Waals surface area contributed by atoms with Gasteiger partial charge in [0.2, 0.25) is 5.91 Å². The molecule has 0 radical (unpaired) electrons. The van der Waals surface area contributed by atoms with Crippen LogP contribution >= 0.6 is 23.7 Å². The highest BCUT2D eigenvalue weighted by Crippen LogP contribution is 2.26. The first-order chi connectivity index (χ1) is 8.49. The minimum absolute atomic E-state index is 0. The first-order valence-electron chi connectivity index (χ1n) is 6.57. The van der Waals surface area contributed by atoms with Crippen molar-refractivity contribution in [1.82, 2.24) is 10.6 Å². The average molecular weight is 303 g/mol. The maximum absolute atomic E-state index is 12.1. The molecule has 2 N–H and O–H groups in total. The van der Waals surface area contributed by atoms with E-state index in [9.17, 15) is 4.79 Å². The number of thiophene rings is 1. The zero-order valence-electron chi connectivity index (χ0n) is 11.9. The van der Waals surface area contributed by atoms with Crippen molar-refractivity contribution in [2.24, 2.45) is 11.8 Å². The highest BCUT2D eigenvalue weighted by atomic mass is 35.5. The SMILES string of the molecule is Cc1cc(C(C)NC(=O)C(C)C2CNC2)c(C)s1.Cl. The molecule has 19 heavy (non-hydrogen) atoms. The Kier molecular flexibility index (Phi) is 5.83. The number of rotatable bonds is 4. The lowest BCUT2D eigenvalue weighted by atomic mass is 9.88. The molecule has 1 aliphatic heterocycles. The van der Waals surface area contributed by atoms with Gasteiger partial charge in [0.05, 0.1) is 6.04 Å². The first kappa shape index (κ1) is 16.5. The lowest BCUT2D eigenvalue weighted by Crippen LogP contribution is -2.49. The van der Waals surface area contributed by atoms with E-state index in [0.717, 1.165) is 13.1 Å². The summed E-state index contributed by atoms with van der Waals surface area (Å²) in [6, 6.07) is 2.29. The van der Waals surface area contributed by atoms with Crippen LogP contribution in [0.25, 0.3) is 0 Å². The Labute approximate surface area is 125 Å². The third kappa shape index (κ3) is 3.71. The second-order valence-corrected chi connectivity index (χ2v) is 6.77. The summed E-state index contributed by atoms with van der Waals surface area (Å²) in [5.41, 5.74) is 1.25. The molecule has 1 fully saturated rings. The van der Waals surface area contributed by atoms with Gasteiger partial charge in [0.25, 0.3) is 0 Å². The lowest BCUT2D eigenvalue weighted by Gasteiger charge is -2.32. The summed E-state index contributed by atoms with van der Waals surface area (Å²) < 4.78 is 0. The quantitative estimate of drug-likeness (QED) is 0.898. The number of nitrogens with one attached hydrogen (secondary N) is 2. The molecule has 0 aromatic carbocycles. The van der Waals surface area contributed by atoms with Crippen LogP contribution in [0.5, 0.6) is 0 Å². The van der Waals surface area contributed by atoms with Crippen molar-refractivity contribution in [2.45, 2.75) is 33.7 Å². The Bertz CT molecular complexity index is 443. The average Bonchev–Trinajstić information content (AvgIpc) is 2.55. The van der Waals surface area contributed by atoms with Crippen molar-refractivity contribution in [1.29, 1.82) is 0 Å². The molecular weight excluding hydrogens is 280 g/mol. The standard InChI is InChI=1S/C14H22N2OS.ClH/c1-8-5-13(11(4)18-8)10(3)16-14(17)9(2)12-6-15-7-12;/h5,9-10,12,15H,6-7H2,1-4H3,(H,16,17);1H. The molecule has 2 atom stereocenters. The Balaban J connectivity index is 0.00000180. The van der Waals surface area contributed by atoms with E-state index in [1.54, 1.807) is 11.3 Å². The van der Waals surface area contributed by atoms with Gasteiger partial charge in [0.1, 0.15) is 0 Å². The van der Waals surface area contributed by atoms with Crippen LogP contribution in [0.15, 0.2) is 6.07 Å². The minimum Gasteiger partial charge on any atom is -0.349 e. The molecule has 1 aromatic rings. The van der Waals surface area contributed by atoms with Gasteiger partial charge in [-0.25, -0.2) is 0 Å². The Hall–Kier alpha value is -0.580. The first-order valence-corrected chi connectivity index (χ1v) is 7.38. The van der Waals surface area contributed by atoms with Crippen molar-refractivity contribution in [3.63, 3.8) is 0 Å². The second kappa shape index (κ2) is 6.73. The van der Waals surface area contributed by atoms with Crippen molar-refractivity contribution in [3.8, 4) is 0 Å². The van der Waals surface area contributed by atoms with Crippen molar-refractivity contribution in [2.75, 3.05) is 13.1 Å². The predicted molar refractivity (Wildman–Crippen MR) is 83.1 cm³/mol. The largest absolute Gasteiger partial charge is 0.349 e. The van der Waals surface area contributed by atoms with Gasteiger partial charge in [-0.15, -0.1) is 23.7 Å². The summed E-state index contributed by atoms with van der Waals surface area (Å²) in [6.07, 6.45) is 0. The third-order valence-electron chi connectivity index (χ3n) is 3.84. The second-order valence-electron chi connectivity index (χ2n) is 5.31. The van der Waals surface area contributed by atoms with E-state index >= 15 is 0 Å². The van der Waals surface area contributed by atoms with Gasteiger partial charge in [-0.2, -0.15) is 0 Å². The third-order valence-corrected chi connectivity index (χ3v) is 4.82. The van der Waals surface area contributed by atoms with Crippen molar-refractivity contribution >= 4 is 29.7 Å². The van der Waals surface area contributed by atoms with Gasteiger partial charge in [-0.1, -0.05) is 6.92 Å². The van der Waals surface area contributed by atoms with Gasteiger partial charge in [0, 0.05) is 15.7 Å². The zero-order chi connectivity index (χ0) is 13.3. The van der Waals surface area contributed by atoms with Gasteiger partial charge in [0.15, 0.2) is 0 Å². The van der Waals surface area contributed by atoms with E-state index in [4.69, 9.17) is 0 Å². The predicted octanol–water partition coefficient (Wildman–Crippen LogP) is 2.82. The van der Waals surface area contributed by atoms with E-state index in [-0.39, 0.29) is 30.3 Å². The van der Waals surface area contributed by atoms with E-state index < -0.39 is 0 Å². The highest BCUT2D eigenvalue weighted by Gasteiger charge is 2.29. The van der Waals surface area contributed by atoms with Crippen LogP contribution in [0, 0.1) is 25.7 Å². The van der Waals surface area contributed by atoms with E-state index in [0.29, 0.717) is 5.92 Å².